The average Bonchev–Trinajstić information content (AvgIpc) is 2.62. The summed E-state index contributed by atoms with van der Waals surface area (Å²) in [5, 5.41) is 5.84. The summed E-state index contributed by atoms with van der Waals surface area (Å²) < 4.78 is 13.7. The molecule has 1 heterocycles. The van der Waals surface area contributed by atoms with E-state index in [4.69, 9.17) is 0 Å². The third-order valence-corrected chi connectivity index (χ3v) is 3.79. The number of hydrogen-bond donors (Lipinski definition) is 2. The molecule has 0 aliphatic carbocycles. The number of aromatic nitrogens is 2. The first-order chi connectivity index (χ1) is 12.5. The van der Waals surface area contributed by atoms with Gasteiger partial charge >= 0.3 is 0 Å². The highest BCUT2D eigenvalue weighted by Crippen LogP contribution is 2.16. The van der Waals surface area contributed by atoms with E-state index in [2.05, 4.69) is 20.6 Å². The molecule has 0 aliphatic heterocycles. The van der Waals surface area contributed by atoms with Crippen LogP contribution in [0.15, 0.2) is 54.6 Å². The molecule has 5 nitrogen and oxygen atoms in total. The van der Waals surface area contributed by atoms with Crippen LogP contribution >= 0.6 is 0 Å². The van der Waals surface area contributed by atoms with E-state index in [-0.39, 0.29) is 24.0 Å². The molecule has 0 spiro atoms. The lowest BCUT2D eigenvalue weighted by atomic mass is 10.2. The number of nitrogens with zero attached hydrogens (tertiary/aromatic N) is 2. The Morgan fingerprint density at radius 1 is 1.04 bits per heavy atom. The summed E-state index contributed by atoms with van der Waals surface area (Å²) >= 11 is 0. The molecule has 0 fully saturated rings. The van der Waals surface area contributed by atoms with Crippen LogP contribution in [0.25, 0.3) is 0 Å². The Balaban J connectivity index is 1.73. The zero-order valence-corrected chi connectivity index (χ0v) is 14.6. The summed E-state index contributed by atoms with van der Waals surface area (Å²) in [4.78, 5) is 20.9. The zero-order valence-electron chi connectivity index (χ0n) is 14.6. The number of hydrogen-bond acceptors (Lipinski definition) is 4. The number of carbonyl (C=O) groups excluding carboxylic acids is 1. The molecule has 132 valence electrons. The van der Waals surface area contributed by atoms with Crippen LogP contribution in [0.2, 0.25) is 0 Å². The molecular weight excluding hydrogens is 331 g/mol. The molecule has 0 atom stereocenters. The van der Waals surface area contributed by atoms with E-state index in [0.717, 1.165) is 11.3 Å². The van der Waals surface area contributed by atoms with Crippen LogP contribution in [0.3, 0.4) is 0 Å². The van der Waals surface area contributed by atoms with Gasteiger partial charge in [0.1, 0.15) is 23.2 Å². The van der Waals surface area contributed by atoms with Crippen molar-refractivity contribution in [2.45, 2.75) is 20.4 Å². The van der Waals surface area contributed by atoms with Crippen LogP contribution in [0.4, 0.5) is 15.9 Å². The third-order valence-electron chi connectivity index (χ3n) is 3.79. The number of aryl methyl sites for hydroxylation is 2. The highest BCUT2D eigenvalue weighted by molar-refractivity contribution is 5.93. The van der Waals surface area contributed by atoms with E-state index >= 15 is 0 Å². The second-order valence-corrected chi connectivity index (χ2v) is 5.95. The topological polar surface area (TPSA) is 66.9 Å². The lowest BCUT2D eigenvalue weighted by Gasteiger charge is -2.10. The Morgan fingerprint density at radius 3 is 2.50 bits per heavy atom. The standard InChI is InChI=1S/C20H19FN4O/c1-13-7-9-16(10-8-13)25-19-11-18(23-14(2)24-19)20(26)22-12-15-5-3-4-6-17(15)21/h3-11H,12H2,1-2H3,(H,22,26)(H,23,24,25). The van der Waals surface area contributed by atoms with E-state index in [1.54, 1.807) is 31.2 Å². The Hall–Kier alpha value is -3.28. The Kier molecular flexibility index (Phi) is 5.22. The quantitative estimate of drug-likeness (QED) is 0.732. The largest absolute Gasteiger partial charge is 0.347 e. The number of nitrogens with one attached hydrogen (secondary N) is 2. The zero-order chi connectivity index (χ0) is 18.5. The smallest absolute Gasteiger partial charge is 0.270 e. The fourth-order valence-electron chi connectivity index (χ4n) is 2.44. The van der Waals surface area contributed by atoms with Crippen LogP contribution < -0.4 is 10.6 Å². The second kappa shape index (κ2) is 7.74. The Morgan fingerprint density at radius 2 is 1.77 bits per heavy atom. The summed E-state index contributed by atoms with van der Waals surface area (Å²) in [6, 6.07) is 15.7. The molecule has 0 saturated heterocycles. The van der Waals surface area contributed by atoms with Crippen molar-refractivity contribution >= 4 is 17.4 Å². The van der Waals surface area contributed by atoms with Gasteiger partial charge in [0.15, 0.2) is 0 Å². The van der Waals surface area contributed by atoms with Crippen LogP contribution in [-0.2, 0) is 6.54 Å². The van der Waals surface area contributed by atoms with E-state index in [1.807, 2.05) is 31.2 Å². The maximum atomic E-state index is 13.7. The summed E-state index contributed by atoms with van der Waals surface area (Å²) in [6.07, 6.45) is 0. The van der Waals surface area contributed by atoms with Gasteiger partial charge in [0.2, 0.25) is 0 Å². The van der Waals surface area contributed by atoms with Crippen molar-refractivity contribution in [1.82, 2.24) is 15.3 Å². The number of amides is 1. The van der Waals surface area contributed by atoms with Gasteiger partial charge in [-0.25, -0.2) is 14.4 Å². The third kappa shape index (κ3) is 4.42. The molecule has 0 bridgehead atoms. The van der Waals surface area contributed by atoms with Gasteiger partial charge in [-0.2, -0.15) is 0 Å². The van der Waals surface area contributed by atoms with Gasteiger partial charge in [0.05, 0.1) is 0 Å². The first-order valence-corrected chi connectivity index (χ1v) is 8.22. The van der Waals surface area contributed by atoms with Crippen molar-refractivity contribution < 1.29 is 9.18 Å². The van der Waals surface area contributed by atoms with Gasteiger partial charge in [-0.05, 0) is 32.0 Å². The maximum absolute atomic E-state index is 13.7. The summed E-state index contributed by atoms with van der Waals surface area (Å²) in [6.45, 7) is 3.82. The first-order valence-electron chi connectivity index (χ1n) is 8.22. The monoisotopic (exact) mass is 350 g/mol. The number of rotatable bonds is 5. The predicted molar refractivity (Wildman–Crippen MR) is 98.8 cm³/mol. The number of carbonyl (C=O) groups is 1. The minimum Gasteiger partial charge on any atom is -0.347 e. The summed E-state index contributed by atoms with van der Waals surface area (Å²) in [5.41, 5.74) is 2.67. The average molecular weight is 350 g/mol. The summed E-state index contributed by atoms with van der Waals surface area (Å²) in [5.74, 6) is 0.259. The van der Waals surface area contributed by atoms with Crippen molar-refractivity contribution in [3.05, 3.63) is 83.1 Å². The molecule has 2 aromatic carbocycles. The highest BCUT2D eigenvalue weighted by atomic mass is 19.1. The Bertz CT molecular complexity index is 925. The van der Waals surface area contributed by atoms with E-state index in [1.165, 1.54) is 6.07 Å². The second-order valence-electron chi connectivity index (χ2n) is 5.95. The normalized spacial score (nSPS) is 10.4. The van der Waals surface area contributed by atoms with Gasteiger partial charge < -0.3 is 10.6 Å². The van der Waals surface area contributed by atoms with E-state index in [0.29, 0.717) is 17.2 Å². The molecule has 3 aromatic rings. The molecule has 0 unspecified atom stereocenters. The molecule has 26 heavy (non-hydrogen) atoms. The number of benzene rings is 2. The molecule has 0 saturated carbocycles. The van der Waals surface area contributed by atoms with Crippen LogP contribution in [0.1, 0.15) is 27.4 Å². The van der Waals surface area contributed by atoms with Crippen LogP contribution in [-0.4, -0.2) is 15.9 Å². The van der Waals surface area contributed by atoms with Gasteiger partial charge in [-0.1, -0.05) is 35.9 Å². The summed E-state index contributed by atoms with van der Waals surface area (Å²) in [7, 11) is 0. The van der Waals surface area contributed by atoms with Crippen molar-refractivity contribution in [3.63, 3.8) is 0 Å². The molecule has 1 amide bonds. The fourth-order valence-corrected chi connectivity index (χ4v) is 2.44. The molecular formula is C20H19FN4O. The minimum absolute atomic E-state index is 0.0925. The lowest BCUT2D eigenvalue weighted by molar-refractivity contribution is 0.0945. The van der Waals surface area contributed by atoms with Gasteiger partial charge in [-0.3, -0.25) is 4.79 Å². The molecule has 6 heteroatoms. The first kappa shape index (κ1) is 17.5. The lowest BCUT2D eigenvalue weighted by Crippen LogP contribution is -2.25. The SMILES string of the molecule is Cc1ccc(Nc2cc(C(=O)NCc3ccccc3F)nc(C)n2)cc1. The molecule has 1 aromatic heterocycles. The van der Waals surface area contributed by atoms with Crippen LogP contribution in [0.5, 0.6) is 0 Å². The number of halogens is 1. The fraction of sp³-hybridized carbons (Fsp3) is 0.150. The van der Waals surface area contributed by atoms with E-state index in [9.17, 15) is 9.18 Å². The molecule has 0 aliphatic rings. The van der Waals surface area contributed by atoms with Crippen molar-refractivity contribution in [3.8, 4) is 0 Å². The Labute approximate surface area is 151 Å². The van der Waals surface area contributed by atoms with Crippen molar-refractivity contribution in [2.75, 3.05) is 5.32 Å². The van der Waals surface area contributed by atoms with Crippen molar-refractivity contribution in [2.24, 2.45) is 0 Å². The highest BCUT2D eigenvalue weighted by Gasteiger charge is 2.11. The number of anilines is 2. The van der Waals surface area contributed by atoms with Gasteiger partial charge in [0, 0.05) is 23.9 Å². The van der Waals surface area contributed by atoms with Crippen LogP contribution in [0, 0.1) is 19.7 Å². The molecule has 2 N–H and O–H groups in total. The minimum atomic E-state index is -0.384. The van der Waals surface area contributed by atoms with Crippen molar-refractivity contribution in [1.29, 1.82) is 0 Å². The van der Waals surface area contributed by atoms with Gasteiger partial charge in [-0.15, -0.1) is 0 Å². The van der Waals surface area contributed by atoms with Gasteiger partial charge in [0.25, 0.3) is 5.91 Å². The molecule has 0 radical (unpaired) electrons. The molecule has 3 rings (SSSR count). The predicted octanol–water partition coefficient (Wildman–Crippen LogP) is 3.91. The van der Waals surface area contributed by atoms with E-state index < -0.39 is 0 Å². The maximum Gasteiger partial charge on any atom is 0.270 e.